The van der Waals surface area contributed by atoms with Crippen molar-refractivity contribution in [2.45, 2.75) is 67.2 Å². The van der Waals surface area contributed by atoms with Crippen LogP contribution in [0.25, 0.3) is 11.5 Å². The molecule has 2 nitrogen and oxygen atoms in total. The van der Waals surface area contributed by atoms with Gasteiger partial charge in [0, 0.05) is 12.0 Å². The summed E-state index contributed by atoms with van der Waals surface area (Å²) in [6.45, 7) is 13.6. The smallest absolute Gasteiger partial charge is 0.242 e. The predicted octanol–water partition coefficient (Wildman–Crippen LogP) is 5.59. The number of hydrogen-bond acceptors (Lipinski definition) is 2. The zero-order valence-corrected chi connectivity index (χ0v) is 21.4. The molecule has 1 aliphatic carbocycles. The van der Waals surface area contributed by atoms with Gasteiger partial charge in [-0.1, -0.05) is 92.2 Å². The van der Waals surface area contributed by atoms with E-state index in [1.807, 2.05) is 0 Å². The summed E-state index contributed by atoms with van der Waals surface area (Å²) in [6, 6.07) is 18.2. The van der Waals surface area contributed by atoms with Crippen LogP contribution in [0.2, 0.25) is 0 Å². The van der Waals surface area contributed by atoms with Crippen LogP contribution < -0.4 is 16.4 Å². The van der Waals surface area contributed by atoms with Crippen molar-refractivity contribution in [1.82, 2.24) is 4.98 Å². The van der Waals surface area contributed by atoms with Gasteiger partial charge in [-0.15, -0.1) is 0 Å². The molecular formula is C31H34BNO. The van der Waals surface area contributed by atoms with E-state index in [0.29, 0.717) is 0 Å². The molecule has 0 aliphatic heterocycles. The zero-order chi connectivity index (χ0) is 24.0. The van der Waals surface area contributed by atoms with E-state index in [-0.39, 0.29) is 6.71 Å². The van der Waals surface area contributed by atoms with Crippen molar-refractivity contribution in [2.75, 3.05) is 0 Å². The second-order valence-electron chi connectivity index (χ2n) is 10.3. The van der Waals surface area contributed by atoms with E-state index in [2.05, 4.69) is 90.1 Å². The van der Waals surface area contributed by atoms with Gasteiger partial charge in [0.2, 0.25) is 12.6 Å². The highest BCUT2D eigenvalue weighted by molar-refractivity contribution is 6.96. The minimum atomic E-state index is 0.158. The third-order valence-corrected chi connectivity index (χ3v) is 7.37. The molecule has 0 bridgehead atoms. The van der Waals surface area contributed by atoms with Crippen molar-refractivity contribution in [3.8, 4) is 11.5 Å². The number of aromatic nitrogens is 1. The Balaban J connectivity index is 1.71. The van der Waals surface area contributed by atoms with E-state index in [1.54, 1.807) is 0 Å². The average molecular weight is 447 g/mol. The summed E-state index contributed by atoms with van der Waals surface area (Å²) in [4.78, 5) is 4.89. The molecule has 172 valence electrons. The molecule has 0 fully saturated rings. The lowest BCUT2D eigenvalue weighted by Gasteiger charge is -2.24. The normalized spacial score (nSPS) is 13.1. The highest BCUT2D eigenvalue weighted by Crippen LogP contribution is 2.27. The fourth-order valence-electron chi connectivity index (χ4n) is 6.10. The van der Waals surface area contributed by atoms with Crippen LogP contribution in [0.1, 0.15) is 57.7 Å². The van der Waals surface area contributed by atoms with Crippen molar-refractivity contribution >= 4 is 23.1 Å². The lowest BCUT2D eigenvalue weighted by atomic mass is 9.34. The molecule has 5 rings (SSSR count). The number of oxazole rings is 1. The molecule has 34 heavy (non-hydrogen) atoms. The Kier molecular flexibility index (Phi) is 5.98. The lowest BCUT2D eigenvalue weighted by Crippen LogP contribution is -2.55. The summed E-state index contributed by atoms with van der Waals surface area (Å²) in [6.07, 6.45) is 4.44. The molecule has 0 N–H and O–H groups in total. The molecule has 0 saturated heterocycles. The fraction of sp³-hybridized carbons (Fsp3) is 0.323. The Morgan fingerprint density at radius 3 is 1.82 bits per heavy atom. The fourth-order valence-corrected chi connectivity index (χ4v) is 6.10. The summed E-state index contributed by atoms with van der Waals surface area (Å²) in [7, 11) is 0. The topological polar surface area (TPSA) is 26.0 Å². The zero-order valence-electron chi connectivity index (χ0n) is 21.4. The second-order valence-corrected chi connectivity index (χ2v) is 10.3. The van der Waals surface area contributed by atoms with Gasteiger partial charge in [-0.05, 0) is 66.9 Å². The average Bonchev–Trinajstić information content (AvgIpc) is 3.21. The lowest BCUT2D eigenvalue weighted by molar-refractivity contribution is 0.487. The molecule has 0 unspecified atom stereocenters. The number of rotatable bonds is 4. The van der Waals surface area contributed by atoms with Crippen LogP contribution in [0.15, 0.2) is 52.9 Å². The first-order chi connectivity index (χ1) is 16.3. The summed E-state index contributed by atoms with van der Waals surface area (Å²) < 4.78 is 6.25. The van der Waals surface area contributed by atoms with Gasteiger partial charge in [-0.25, -0.2) is 4.98 Å². The van der Waals surface area contributed by atoms with E-state index in [9.17, 15) is 0 Å². The second kappa shape index (κ2) is 8.94. The highest BCUT2D eigenvalue weighted by atomic mass is 16.4. The van der Waals surface area contributed by atoms with Gasteiger partial charge in [-0.2, -0.15) is 0 Å². The minimum absolute atomic E-state index is 0.158. The van der Waals surface area contributed by atoms with Crippen LogP contribution >= 0.6 is 0 Å². The Hall–Kier alpha value is -3.07. The van der Waals surface area contributed by atoms with E-state index >= 15 is 0 Å². The van der Waals surface area contributed by atoms with Crippen molar-refractivity contribution in [3.63, 3.8) is 0 Å². The summed E-state index contributed by atoms with van der Waals surface area (Å²) in [5.41, 5.74) is 14.3. The molecule has 0 saturated carbocycles. The Morgan fingerprint density at radius 1 is 0.706 bits per heavy atom. The molecule has 0 radical (unpaired) electrons. The Bertz CT molecular complexity index is 1250. The van der Waals surface area contributed by atoms with Crippen molar-refractivity contribution in [3.05, 3.63) is 93.4 Å². The van der Waals surface area contributed by atoms with Gasteiger partial charge in [-0.3, -0.25) is 0 Å². The van der Waals surface area contributed by atoms with E-state index in [4.69, 9.17) is 9.40 Å². The minimum Gasteiger partial charge on any atom is -0.441 e. The number of benzene rings is 3. The van der Waals surface area contributed by atoms with Crippen LogP contribution in [0, 0.1) is 41.5 Å². The Labute approximate surface area is 204 Å². The molecule has 3 heteroatoms. The van der Waals surface area contributed by atoms with Gasteiger partial charge >= 0.3 is 0 Å². The Morgan fingerprint density at radius 2 is 1.26 bits per heavy atom. The maximum atomic E-state index is 6.25. The van der Waals surface area contributed by atoms with Crippen molar-refractivity contribution in [1.29, 1.82) is 0 Å². The number of hydrogen-bond donors (Lipinski definition) is 0. The molecular weight excluding hydrogens is 413 g/mol. The van der Waals surface area contributed by atoms with Gasteiger partial charge in [0.1, 0.15) is 5.76 Å². The maximum absolute atomic E-state index is 6.25. The van der Waals surface area contributed by atoms with E-state index < -0.39 is 0 Å². The summed E-state index contributed by atoms with van der Waals surface area (Å²) in [5, 5.41) is 0. The monoisotopic (exact) mass is 447 g/mol. The van der Waals surface area contributed by atoms with Crippen LogP contribution in [-0.2, 0) is 12.8 Å². The molecule has 0 amide bonds. The van der Waals surface area contributed by atoms with Crippen molar-refractivity contribution < 1.29 is 4.42 Å². The van der Waals surface area contributed by atoms with Crippen LogP contribution in [0.5, 0.6) is 0 Å². The van der Waals surface area contributed by atoms with Gasteiger partial charge in [0.25, 0.3) is 0 Å². The summed E-state index contributed by atoms with van der Waals surface area (Å²) >= 11 is 0. The maximum Gasteiger partial charge on any atom is 0.242 e. The van der Waals surface area contributed by atoms with Crippen LogP contribution in [0.3, 0.4) is 0 Å². The molecule has 1 heterocycles. The SMILES string of the molecule is Cc1cc(C)c(B(c2cccc(-c3nc4c(o3)CCCC4)c2)c2c(C)cc(C)cc2C)c(C)c1. The molecule has 4 aromatic rings. The first-order valence-corrected chi connectivity index (χ1v) is 12.6. The largest absolute Gasteiger partial charge is 0.441 e. The quantitative estimate of drug-likeness (QED) is 0.382. The van der Waals surface area contributed by atoms with Crippen molar-refractivity contribution in [2.24, 2.45) is 0 Å². The third-order valence-electron chi connectivity index (χ3n) is 7.37. The molecule has 0 atom stereocenters. The van der Waals surface area contributed by atoms with Crippen LogP contribution in [0.4, 0.5) is 0 Å². The van der Waals surface area contributed by atoms with Gasteiger partial charge in [0.05, 0.1) is 5.69 Å². The van der Waals surface area contributed by atoms with Gasteiger partial charge < -0.3 is 4.42 Å². The van der Waals surface area contributed by atoms with E-state index in [1.165, 1.54) is 62.6 Å². The first kappa shape index (κ1) is 22.7. The number of aryl methyl sites for hydroxylation is 8. The molecule has 1 aliphatic rings. The first-order valence-electron chi connectivity index (χ1n) is 12.6. The number of nitrogens with zero attached hydrogens (tertiary/aromatic N) is 1. The van der Waals surface area contributed by atoms with Crippen LogP contribution in [-0.4, -0.2) is 11.7 Å². The molecule has 0 spiro atoms. The third kappa shape index (κ3) is 4.13. The highest BCUT2D eigenvalue weighted by Gasteiger charge is 2.29. The molecule has 3 aromatic carbocycles. The standard InChI is InChI=1S/C31H34BNO/c1-19-14-21(3)29(22(4)15-19)32(30-23(5)16-20(2)17-24(30)6)26-11-9-10-25(18-26)31-33-27-12-7-8-13-28(27)34-31/h9-11,14-18H,7-8,12-13H2,1-6H3. The molecule has 1 aromatic heterocycles. The predicted molar refractivity (Wildman–Crippen MR) is 145 cm³/mol. The van der Waals surface area contributed by atoms with Gasteiger partial charge in [0.15, 0.2) is 0 Å². The van der Waals surface area contributed by atoms with E-state index in [0.717, 1.165) is 35.7 Å². The summed E-state index contributed by atoms with van der Waals surface area (Å²) in [5.74, 6) is 1.85. The number of fused-ring (bicyclic) bond motifs is 1.